The van der Waals surface area contributed by atoms with Gasteiger partial charge in [0, 0.05) is 53.9 Å². The highest BCUT2D eigenvalue weighted by Gasteiger charge is 2.21. The van der Waals surface area contributed by atoms with Gasteiger partial charge < -0.3 is 20.0 Å². The first-order valence-electron chi connectivity index (χ1n) is 12.5. The Kier molecular flexibility index (Phi) is 7.50. The Bertz CT molecular complexity index is 1710. The Labute approximate surface area is 236 Å². The number of rotatable bonds is 8. The Morgan fingerprint density at radius 3 is 2.59 bits per heavy atom. The molecule has 39 heavy (non-hydrogen) atoms. The van der Waals surface area contributed by atoms with Gasteiger partial charge >= 0.3 is 5.97 Å². The van der Waals surface area contributed by atoms with Gasteiger partial charge in [-0.05, 0) is 66.9 Å². The summed E-state index contributed by atoms with van der Waals surface area (Å²) in [4.78, 5) is 22.4. The van der Waals surface area contributed by atoms with Crippen LogP contribution in [0, 0.1) is 12.3 Å². The summed E-state index contributed by atoms with van der Waals surface area (Å²) in [6.45, 7) is 4.15. The zero-order valence-electron chi connectivity index (χ0n) is 22.1. The van der Waals surface area contributed by atoms with Crippen molar-refractivity contribution in [3.8, 4) is 33.2 Å². The number of anilines is 1. The van der Waals surface area contributed by atoms with Crippen LogP contribution in [0.15, 0.2) is 54.7 Å². The highest BCUT2D eigenvalue weighted by atomic mass is 35.5. The topological polar surface area (TPSA) is 92.9 Å². The van der Waals surface area contributed by atoms with Crippen molar-refractivity contribution in [2.75, 3.05) is 19.0 Å². The molecular weight excluding hydrogens is 530 g/mol. The van der Waals surface area contributed by atoms with Crippen LogP contribution in [0.2, 0.25) is 5.02 Å². The molecule has 0 aliphatic heterocycles. The average Bonchev–Trinajstić information content (AvgIpc) is 3.52. The lowest BCUT2D eigenvalue weighted by Gasteiger charge is -2.14. The van der Waals surface area contributed by atoms with E-state index in [9.17, 15) is 4.79 Å². The quantitative estimate of drug-likeness (QED) is 0.156. The molecule has 0 saturated carbocycles. The summed E-state index contributed by atoms with van der Waals surface area (Å²) < 4.78 is 8.24. The number of ether oxygens (including phenoxy) is 1. The van der Waals surface area contributed by atoms with Crippen molar-refractivity contribution in [3.63, 3.8) is 0 Å². The number of nitrogens with one attached hydrogen (secondary N) is 2. The zero-order valence-corrected chi connectivity index (χ0v) is 23.7. The minimum absolute atomic E-state index is 0.173. The molecular formula is C30H28ClN5O2S. The lowest BCUT2D eigenvalue weighted by Crippen LogP contribution is -2.09. The summed E-state index contributed by atoms with van der Waals surface area (Å²) in [6.07, 6.45) is 3.48. The van der Waals surface area contributed by atoms with Gasteiger partial charge in [-0.2, -0.15) is 0 Å². The van der Waals surface area contributed by atoms with Crippen molar-refractivity contribution in [1.82, 2.24) is 14.5 Å². The van der Waals surface area contributed by atoms with E-state index in [2.05, 4.69) is 5.32 Å². The number of fused-ring (bicyclic) bond motifs is 1. The zero-order chi connectivity index (χ0) is 27.7. The van der Waals surface area contributed by atoms with Crippen molar-refractivity contribution in [2.45, 2.75) is 20.3 Å². The number of hydrogen-bond acceptors (Lipinski definition) is 7. The van der Waals surface area contributed by atoms with E-state index in [0.717, 1.165) is 65.8 Å². The molecule has 5 rings (SSSR count). The summed E-state index contributed by atoms with van der Waals surface area (Å²) in [7, 11) is 3.79. The number of halogens is 1. The molecule has 198 valence electrons. The van der Waals surface area contributed by atoms with Gasteiger partial charge in [0.15, 0.2) is 0 Å². The van der Waals surface area contributed by atoms with E-state index in [1.165, 1.54) is 6.21 Å². The summed E-state index contributed by atoms with van der Waals surface area (Å²) in [6, 6.07) is 15.6. The van der Waals surface area contributed by atoms with Gasteiger partial charge in [0.05, 0.1) is 23.2 Å². The molecule has 0 spiro atoms. The fourth-order valence-corrected chi connectivity index (χ4v) is 5.96. The number of hydrogen-bond donors (Lipinski definition) is 2. The van der Waals surface area contributed by atoms with Gasteiger partial charge in [-0.3, -0.25) is 4.79 Å². The Morgan fingerprint density at radius 1 is 1.15 bits per heavy atom. The molecule has 0 unspecified atom stereocenters. The van der Waals surface area contributed by atoms with E-state index in [4.69, 9.17) is 31.7 Å². The Hall–Kier alpha value is -4.01. The first-order valence-corrected chi connectivity index (χ1v) is 13.7. The molecule has 5 aromatic rings. The second-order valence-electron chi connectivity index (χ2n) is 9.16. The second-order valence-corrected chi connectivity index (χ2v) is 10.6. The highest BCUT2D eigenvalue weighted by molar-refractivity contribution is 7.22. The fourth-order valence-electron chi connectivity index (χ4n) is 4.74. The predicted molar refractivity (Wildman–Crippen MR) is 160 cm³/mol. The predicted octanol–water partition coefficient (Wildman–Crippen LogP) is 7.14. The first-order chi connectivity index (χ1) is 18.8. The van der Waals surface area contributed by atoms with E-state index in [0.29, 0.717) is 11.6 Å². The van der Waals surface area contributed by atoms with Crippen LogP contribution in [-0.2, 0) is 23.0 Å². The highest BCUT2D eigenvalue weighted by Crippen LogP contribution is 2.41. The van der Waals surface area contributed by atoms with E-state index in [1.54, 1.807) is 11.3 Å². The van der Waals surface area contributed by atoms with Gasteiger partial charge in [0.1, 0.15) is 16.5 Å². The molecule has 0 aliphatic carbocycles. The summed E-state index contributed by atoms with van der Waals surface area (Å²) in [5.41, 5.74) is 8.02. The smallest absolute Gasteiger partial charge is 0.310 e. The molecule has 0 amide bonds. The SMILES string of the molecule is CCOC(=O)Cc1c(C)cc2nc(-c3cn(C)c(-c4ccc(NC)c(C=N)c4)n3)sc2c1-c1ccc(Cl)cc1. The number of nitrogens with zero attached hydrogens (tertiary/aromatic N) is 3. The normalized spacial score (nSPS) is 11.1. The largest absolute Gasteiger partial charge is 0.466 e. The Morgan fingerprint density at radius 2 is 1.90 bits per heavy atom. The van der Waals surface area contributed by atoms with Crippen LogP contribution in [0.4, 0.5) is 5.69 Å². The molecule has 2 heterocycles. The number of carbonyl (C=O) groups excluding carboxylic acids is 1. The van der Waals surface area contributed by atoms with Crippen LogP contribution in [0.1, 0.15) is 23.6 Å². The molecule has 3 aromatic carbocycles. The number of aromatic nitrogens is 3. The molecule has 0 bridgehead atoms. The lowest BCUT2D eigenvalue weighted by atomic mass is 9.93. The molecule has 7 nitrogen and oxygen atoms in total. The number of aryl methyl sites for hydroxylation is 2. The number of benzene rings is 3. The van der Waals surface area contributed by atoms with Crippen molar-refractivity contribution < 1.29 is 9.53 Å². The van der Waals surface area contributed by atoms with E-state index in [-0.39, 0.29) is 12.4 Å². The van der Waals surface area contributed by atoms with Gasteiger partial charge in [-0.25, -0.2) is 9.97 Å². The summed E-state index contributed by atoms with van der Waals surface area (Å²) >= 11 is 7.74. The molecule has 0 atom stereocenters. The third-order valence-electron chi connectivity index (χ3n) is 6.60. The van der Waals surface area contributed by atoms with E-state index < -0.39 is 0 Å². The minimum Gasteiger partial charge on any atom is -0.466 e. The third kappa shape index (κ3) is 5.17. The maximum absolute atomic E-state index is 12.5. The van der Waals surface area contributed by atoms with Gasteiger partial charge in [-0.15, -0.1) is 11.3 Å². The van der Waals surface area contributed by atoms with Crippen molar-refractivity contribution >= 4 is 51.0 Å². The van der Waals surface area contributed by atoms with Crippen LogP contribution < -0.4 is 5.32 Å². The standard InChI is InChI=1S/C30H28ClN5O2S/c1-5-38-26(37)14-22-17(2)12-24-28(27(22)18-6-9-21(31)10-7-18)39-30(35-24)25-16-36(4)29(34-25)19-8-11-23(33-3)20(13-19)15-32/h6-13,15-16,32-33H,5,14H2,1-4H3. The fraction of sp³-hybridized carbons (Fsp3) is 0.200. The number of thiazole rings is 1. The van der Waals surface area contributed by atoms with Crippen LogP contribution in [0.25, 0.3) is 43.4 Å². The van der Waals surface area contributed by atoms with Crippen LogP contribution in [-0.4, -0.2) is 40.4 Å². The molecule has 0 fully saturated rings. The van der Waals surface area contributed by atoms with Crippen LogP contribution >= 0.6 is 22.9 Å². The first kappa shape index (κ1) is 26.6. The molecule has 0 aliphatic rings. The van der Waals surface area contributed by atoms with Gasteiger partial charge in [0.25, 0.3) is 0 Å². The van der Waals surface area contributed by atoms with Crippen LogP contribution in [0.3, 0.4) is 0 Å². The second kappa shape index (κ2) is 11.0. The van der Waals surface area contributed by atoms with Crippen molar-refractivity contribution in [1.29, 1.82) is 5.41 Å². The minimum atomic E-state index is -0.261. The van der Waals surface area contributed by atoms with Crippen LogP contribution in [0.5, 0.6) is 0 Å². The number of esters is 1. The summed E-state index contributed by atoms with van der Waals surface area (Å²) in [5.74, 6) is 0.523. The monoisotopic (exact) mass is 557 g/mol. The van der Waals surface area contributed by atoms with Crippen molar-refractivity contribution in [3.05, 3.63) is 76.4 Å². The molecule has 9 heteroatoms. The number of imidazole rings is 1. The maximum atomic E-state index is 12.5. The number of carbonyl (C=O) groups is 1. The van der Waals surface area contributed by atoms with Gasteiger partial charge in [-0.1, -0.05) is 23.7 Å². The molecule has 2 N–H and O–H groups in total. The lowest BCUT2D eigenvalue weighted by molar-refractivity contribution is -0.142. The molecule has 2 aromatic heterocycles. The molecule has 0 saturated heterocycles. The van der Waals surface area contributed by atoms with E-state index in [1.807, 2.05) is 87.2 Å². The maximum Gasteiger partial charge on any atom is 0.310 e. The molecule has 0 radical (unpaired) electrons. The van der Waals surface area contributed by atoms with E-state index >= 15 is 0 Å². The Balaban J connectivity index is 1.65. The summed E-state index contributed by atoms with van der Waals surface area (Å²) in [5, 5.41) is 12.3. The average molecular weight is 558 g/mol. The van der Waals surface area contributed by atoms with Crippen molar-refractivity contribution in [2.24, 2.45) is 7.05 Å². The third-order valence-corrected chi connectivity index (χ3v) is 7.96. The van der Waals surface area contributed by atoms with Gasteiger partial charge in [0.2, 0.25) is 0 Å².